The number of anilines is 2. The number of nitrogens with zero attached hydrogens (tertiary/aromatic N) is 2. The van der Waals surface area contributed by atoms with Gasteiger partial charge < -0.3 is 15.8 Å². The minimum absolute atomic E-state index is 0.131. The van der Waals surface area contributed by atoms with Gasteiger partial charge in [-0.1, -0.05) is 35.0 Å². The average molecular weight is 294 g/mol. The second-order valence-corrected chi connectivity index (χ2v) is 4.54. The lowest BCUT2D eigenvalue weighted by Crippen LogP contribution is -2.20. The van der Waals surface area contributed by atoms with Gasteiger partial charge in [-0.05, 0) is 24.3 Å². The monoisotopic (exact) mass is 293 g/mol. The third kappa shape index (κ3) is 2.53. The third-order valence-electron chi connectivity index (χ3n) is 2.93. The molecule has 0 saturated heterocycles. The molecule has 0 aliphatic rings. The van der Waals surface area contributed by atoms with Crippen molar-refractivity contribution < 1.29 is 9.60 Å². The van der Waals surface area contributed by atoms with E-state index in [9.17, 15) is 4.39 Å². The van der Waals surface area contributed by atoms with Crippen molar-refractivity contribution in [3.05, 3.63) is 58.9 Å². The molecule has 6 heteroatoms. The van der Waals surface area contributed by atoms with Gasteiger partial charge in [0.2, 0.25) is 0 Å². The van der Waals surface area contributed by atoms with Crippen LogP contribution in [0.4, 0.5) is 15.8 Å². The van der Waals surface area contributed by atoms with Gasteiger partial charge in [0.05, 0.1) is 22.0 Å². The number of halogens is 2. The molecule has 0 fully saturated rings. The van der Waals surface area contributed by atoms with E-state index in [1.807, 2.05) is 0 Å². The van der Waals surface area contributed by atoms with Gasteiger partial charge in [0.15, 0.2) is 5.84 Å². The van der Waals surface area contributed by atoms with Crippen molar-refractivity contribution in [2.24, 2.45) is 10.9 Å². The largest absolute Gasteiger partial charge is 0.409 e. The van der Waals surface area contributed by atoms with Crippen molar-refractivity contribution in [2.75, 3.05) is 11.9 Å². The smallest absolute Gasteiger partial charge is 0.173 e. The van der Waals surface area contributed by atoms with Gasteiger partial charge in [0.25, 0.3) is 0 Å². The van der Waals surface area contributed by atoms with E-state index >= 15 is 0 Å². The minimum Gasteiger partial charge on any atom is -0.409 e. The first-order chi connectivity index (χ1) is 9.56. The molecule has 3 N–H and O–H groups in total. The zero-order valence-electron chi connectivity index (χ0n) is 10.7. The summed E-state index contributed by atoms with van der Waals surface area (Å²) in [6.45, 7) is 0. The number of hydrogen-bond donors (Lipinski definition) is 2. The molecule has 20 heavy (non-hydrogen) atoms. The molecule has 0 radical (unpaired) electrons. The lowest BCUT2D eigenvalue weighted by Gasteiger charge is -2.23. The molecule has 0 saturated carbocycles. The Labute approximate surface area is 120 Å². The fourth-order valence-electron chi connectivity index (χ4n) is 1.95. The quantitative estimate of drug-likeness (QED) is 0.395. The Hall–Kier alpha value is -2.27. The van der Waals surface area contributed by atoms with Crippen molar-refractivity contribution >= 4 is 28.8 Å². The molecule has 2 aromatic carbocycles. The summed E-state index contributed by atoms with van der Waals surface area (Å²) < 4.78 is 13.9. The van der Waals surface area contributed by atoms with Crippen molar-refractivity contribution in [3.63, 3.8) is 0 Å². The summed E-state index contributed by atoms with van der Waals surface area (Å²) in [5, 5.41) is 12.1. The first kappa shape index (κ1) is 14.1. The van der Waals surface area contributed by atoms with Crippen LogP contribution in [0.2, 0.25) is 5.02 Å². The van der Waals surface area contributed by atoms with E-state index in [0.717, 1.165) is 0 Å². The predicted molar refractivity (Wildman–Crippen MR) is 78.4 cm³/mol. The summed E-state index contributed by atoms with van der Waals surface area (Å²) in [6, 6.07) is 11.4. The summed E-state index contributed by atoms with van der Waals surface area (Å²) in [4.78, 5) is 1.59. The number of amidine groups is 1. The van der Waals surface area contributed by atoms with Gasteiger partial charge >= 0.3 is 0 Å². The number of hydrogen-bond acceptors (Lipinski definition) is 3. The maximum atomic E-state index is 13.9. The zero-order valence-corrected chi connectivity index (χ0v) is 11.5. The van der Waals surface area contributed by atoms with Crippen LogP contribution in [0.5, 0.6) is 0 Å². The van der Waals surface area contributed by atoms with Crippen LogP contribution < -0.4 is 10.6 Å². The molecule has 0 atom stereocenters. The van der Waals surface area contributed by atoms with Crippen LogP contribution in [0.3, 0.4) is 0 Å². The summed E-state index contributed by atoms with van der Waals surface area (Å²) in [7, 11) is 1.68. The molecule has 0 aromatic heterocycles. The second-order valence-electron chi connectivity index (χ2n) is 4.13. The molecule has 0 spiro atoms. The Morgan fingerprint density at radius 1 is 1.20 bits per heavy atom. The average Bonchev–Trinajstić information content (AvgIpc) is 2.46. The summed E-state index contributed by atoms with van der Waals surface area (Å²) in [5.74, 6) is -0.505. The van der Waals surface area contributed by atoms with Crippen LogP contribution in [-0.2, 0) is 0 Å². The zero-order chi connectivity index (χ0) is 14.7. The topological polar surface area (TPSA) is 61.8 Å². The summed E-state index contributed by atoms with van der Waals surface area (Å²) in [5.41, 5.74) is 6.90. The van der Waals surface area contributed by atoms with Gasteiger partial charge in [-0.25, -0.2) is 4.39 Å². The van der Waals surface area contributed by atoms with Gasteiger partial charge in [0, 0.05) is 7.05 Å². The van der Waals surface area contributed by atoms with E-state index in [2.05, 4.69) is 5.16 Å². The van der Waals surface area contributed by atoms with Crippen molar-refractivity contribution in [1.82, 2.24) is 0 Å². The highest BCUT2D eigenvalue weighted by Crippen LogP contribution is 2.32. The van der Waals surface area contributed by atoms with Crippen LogP contribution in [0.25, 0.3) is 0 Å². The van der Waals surface area contributed by atoms with Gasteiger partial charge in [-0.15, -0.1) is 0 Å². The highest BCUT2D eigenvalue weighted by molar-refractivity contribution is 6.35. The van der Waals surface area contributed by atoms with Gasteiger partial charge in [0.1, 0.15) is 5.82 Å². The highest BCUT2D eigenvalue weighted by atomic mass is 35.5. The van der Waals surface area contributed by atoms with Gasteiger partial charge in [-0.2, -0.15) is 0 Å². The first-order valence-electron chi connectivity index (χ1n) is 5.81. The molecule has 0 aliphatic carbocycles. The number of para-hydroxylation sites is 1. The lowest BCUT2D eigenvalue weighted by molar-refractivity contribution is 0.318. The van der Waals surface area contributed by atoms with Crippen LogP contribution in [0.1, 0.15) is 5.56 Å². The van der Waals surface area contributed by atoms with Crippen LogP contribution >= 0.6 is 11.6 Å². The SMILES string of the molecule is CN(c1ccccc1F)c1cccc(Cl)c1C(N)=NO. The molecule has 104 valence electrons. The maximum absolute atomic E-state index is 13.9. The van der Waals surface area contributed by atoms with Crippen LogP contribution in [-0.4, -0.2) is 18.1 Å². The van der Waals surface area contributed by atoms with E-state index in [4.69, 9.17) is 22.5 Å². The standard InChI is InChI=1S/C14H13ClFN3O/c1-19(11-7-3-2-6-10(11)16)12-8-4-5-9(15)13(12)14(17)18-20/h2-8,20H,1H3,(H2,17,18). The van der Waals surface area contributed by atoms with Crippen LogP contribution in [0.15, 0.2) is 47.6 Å². The molecule has 0 bridgehead atoms. The molecular weight excluding hydrogens is 281 g/mol. The Morgan fingerprint density at radius 2 is 1.85 bits per heavy atom. The van der Waals surface area contributed by atoms with E-state index in [0.29, 0.717) is 22.0 Å². The second kappa shape index (κ2) is 5.79. The fraction of sp³-hybridized carbons (Fsp3) is 0.0714. The van der Waals surface area contributed by atoms with Crippen LogP contribution in [0, 0.1) is 5.82 Å². The van der Waals surface area contributed by atoms with Gasteiger partial charge in [-0.3, -0.25) is 0 Å². The summed E-state index contributed by atoms with van der Waals surface area (Å²) in [6.07, 6.45) is 0. The molecule has 0 unspecified atom stereocenters. The van der Waals surface area contributed by atoms with Crippen molar-refractivity contribution in [1.29, 1.82) is 0 Å². The van der Waals surface area contributed by atoms with E-state index in [-0.39, 0.29) is 11.7 Å². The molecule has 2 rings (SSSR count). The molecule has 0 heterocycles. The Balaban J connectivity index is 2.59. The molecule has 2 aromatic rings. The summed E-state index contributed by atoms with van der Waals surface area (Å²) >= 11 is 6.08. The van der Waals surface area contributed by atoms with Crippen molar-refractivity contribution in [2.45, 2.75) is 0 Å². The number of nitrogens with two attached hydrogens (primary N) is 1. The first-order valence-corrected chi connectivity index (χ1v) is 6.18. The predicted octanol–water partition coefficient (Wildman–Crippen LogP) is 3.34. The fourth-order valence-corrected chi connectivity index (χ4v) is 2.22. The molecule has 0 amide bonds. The molecule has 0 aliphatic heterocycles. The van der Waals surface area contributed by atoms with E-state index in [1.165, 1.54) is 6.07 Å². The molecule has 4 nitrogen and oxygen atoms in total. The number of rotatable bonds is 3. The Kier molecular flexibility index (Phi) is 4.10. The third-order valence-corrected chi connectivity index (χ3v) is 3.25. The number of benzene rings is 2. The minimum atomic E-state index is -0.375. The lowest BCUT2D eigenvalue weighted by atomic mass is 10.1. The normalized spacial score (nSPS) is 11.4. The van der Waals surface area contributed by atoms with E-state index < -0.39 is 0 Å². The Bertz CT molecular complexity index is 661. The van der Waals surface area contributed by atoms with Crippen molar-refractivity contribution in [3.8, 4) is 0 Å². The number of oxime groups is 1. The highest BCUT2D eigenvalue weighted by Gasteiger charge is 2.17. The molecular formula is C14H13ClFN3O. The maximum Gasteiger partial charge on any atom is 0.173 e. The van der Waals surface area contributed by atoms with E-state index in [1.54, 1.807) is 48.3 Å². The Morgan fingerprint density at radius 3 is 2.50 bits per heavy atom.